The molecule has 1 aromatic rings. The molecule has 0 radical (unpaired) electrons. The highest BCUT2D eigenvalue weighted by Crippen LogP contribution is 2.15. The maximum absolute atomic E-state index is 10.8. The highest BCUT2D eigenvalue weighted by molar-refractivity contribution is 6.00. The maximum Gasteiger partial charge on any atom is 0.355 e. The summed E-state index contributed by atoms with van der Waals surface area (Å²) in [6, 6.07) is 2.80. The van der Waals surface area contributed by atoms with Gasteiger partial charge in [0, 0.05) is 5.69 Å². The SMILES string of the molecule is CC(C)c1ccc(C(=O)O)c(C(=O)O)n1. The number of rotatable bonds is 3. The van der Waals surface area contributed by atoms with E-state index in [1.807, 2.05) is 13.8 Å². The summed E-state index contributed by atoms with van der Waals surface area (Å²) in [5.74, 6) is -2.55. The molecule has 0 saturated carbocycles. The molecule has 15 heavy (non-hydrogen) atoms. The first kappa shape index (κ1) is 11.2. The second-order valence-corrected chi connectivity index (χ2v) is 3.40. The highest BCUT2D eigenvalue weighted by atomic mass is 16.4. The second-order valence-electron chi connectivity index (χ2n) is 3.40. The molecule has 5 nitrogen and oxygen atoms in total. The van der Waals surface area contributed by atoms with Crippen LogP contribution in [0, 0.1) is 0 Å². The van der Waals surface area contributed by atoms with Crippen LogP contribution in [0.5, 0.6) is 0 Å². The Morgan fingerprint density at radius 2 is 1.80 bits per heavy atom. The van der Waals surface area contributed by atoms with Gasteiger partial charge in [-0.3, -0.25) is 0 Å². The molecular weight excluding hydrogens is 198 g/mol. The number of carbonyl (C=O) groups is 2. The third kappa shape index (κ3) is 2.31. The number of nitrogens with zero attached hydrogens (tertiary/aromatic N) is 1. The Labute approximate surface area is 86.4 Å². The van der Waals surface area contributed by atoms with Crippen molar-refractivity contribution >= 4 is 11.9 Å². The van der Waals surface area contributed by atoms with Crippen molar-refractivity contribution in [3.63, 3.8) is 0 Å². The summed E-state index contributed by atoms with van der Waals surface area (Å²) in [5.41, 5.74) is -0.127. The fourth-order valence-electron chi connectivity index (χ4n) is 1.13. The van der Waals surface area contributed by atoms with E-state index in [0.29, 0.717) is 5.69 Å². The zero-order valence-electron chi connectivity index (χ0n) is 8.39. The zero-order valence-corrected chi connectivity index (χ0v) is 8.39. The minimum absolute atomic E-state index is 0.0611. The van der Waals surface area contributed by atoms with E-state index in [0.717, 1.165) is 0 Å². The van der Waals surface area contributed by atoms with E-state index in [-0.39, 0.29) is 11.5 Å². The van der Waals surface area contributed by atoms with Crippen LogP contribution in [-0.2, 0) is 0 Å². The van der Waals surface area contributed by atoms with Crippen molar-refractivity contribution in [1.82, 2.24) is 4.98 Å². The van der Waals surface area contributed by atoms with Crippen LogP contribution in [0.25, 0.3) is 0 Å². The van der Waals surface area contributed by atoms with Gasteiger partial charge < -0.3 is 10.2 Å². The van der Waals surface area contributed by atoms with Crippen molar-refractivity contribution in [3.8, 4) is 0 Å². The van der Waals surface area contributed by atoms with Gasteiger partial charge in [0.1, 0.15) is 0 Å². The predicted molar refractivity (Wildman–Crippen MR) is 52.2 cm³/mol. The van der Waals surface area contributed by atoms with Gasteiger partial charge in [-0.25, -0.2) is 14.6 Å². The van der Waals surface area contributed by atoms with Gasteiger partial charge >= 0.3 is 11.9 Å². The summed E-state index contributed by atoms with van der Waals surface area (Å²) in [6.07, 6.45) is 0. The average molecular weight is 209 g/mol. The molecule has 0 spiro atoms. The molecule has 5 heteroatoms. The molecule has 0 aliphatic carbocycles. The first-order valence-corrected chi connectivity index (χ1v) is 4.41. The summed E-state index contributed by atoms with van der Waals surface area (Å²) < 4.78 is 0. The molecule has 0 aliphatic rings. The van der Waals surface area contributed by atoms with Crippen LogP contribution in [0.1, 0.15) is 46.3 Å². The molecule has 0 unspecified atom stereocenters. The van der Waals surface area contributed by atoms with Crippen molar-refractivity contribution in [2.75, 3.05) is 0 Å². The zero-order chi connectivity index (χ0) is 11.6. The summed E-state index contributed by atoms with van der Waals surface area (Å²) in [4.78, 5) is 25.3. The Kier molecular flexibility index (Phi) is 3.04. The van der Waals surface area contributed by atoms with Gasteiger partial charge in [0.05, 0.1) is 5.56 Å². The summed E-state index contributed by atoms with van der Waals surface area (Å²) in [6.45, 7) is 3.71. The Morgan fingerprint density at radius 1 is 1.20 bits per heavy atom. The van der Waals surface area contributed by atoms with Crippen LogP contribution in [0.15, 0.2) is 12.1 Å². The Hall–Kier alpha value is -1.91. The number of carboxylic acids is 2. The molecule has 80 valence electrons. The lowest BCUT2D eigenvalue weighted by Gasteiger charge is -2.07. The quantitative estimate of drug-likeness (QED) is 0.789. The fraction of sp³-hybridized carbons (Fsp3) is 0.300. The van der Waals surface area contributed by atoms with Gasteiger partial charge in [0.15, 0.2) is 5.69 Å². The van der Waals surface area contributed by atoms with Gasteiger partial charge in [0.2, 0.25) is 0 Å². The molecule has 2 N–H and O–H groups in total. The largest absolute Gasteiger partial charge is 0.478 e. The lowest BCUT2D eigenvalue weighted by molar-refractivity contribution is 0.0646. The molecule has 0 aromatic carbocycles. The third-order valence-electron chi connectivity index (χ3n) is 1.94. The van der Waals surface area contributed by atoms with Crippen LogP contribution >= 0.6 is 0 Å². The molecule has 1 aromatic heterocycles. The molecule has 1 heterocycles. The summed E-state index contributed by atoms with van der Waals surface area (Å²) in [7, 11) is 0. The Balaban J connectivity index is 3.33. The van der Waals surface area contributed by atoms with E-state index in [9.17, 15) is 9.59 Å². The van der Waals surface area contributed by atoms with E-state index in [1.165, 1.54) is 12.1 Å². The van der Waals surface area contributed by atoms with Gasteiger partial charge in [-0.2, -0.15) is 0 Å². The van der Waals surface area contributed by atoms with Crippen molar-refractivity contribution in [2.45, 2.75) is 19.8 Å². The van der Waals surface area contributed by atoms with E-state index in [4.69, 9.17) is 10.2 Å². The molecule has 1 rings (SSSR count). The second kappa shape index (κ2) is 4.08. The van der Waals surface area contributed by atoms with Crippen LogP contribution in [0.4, 0.5) is 0 Å². The van der Waals surface area contributed by atoms with Crippen molar-refractivity contribution in [2.24, 2.45) is 0 Å². The van der Waals surface area contributed by atoms with Crippen LogP contribution < -0.4 is 0 Å². The fourth-order valence-corrected chi connectivity index (χ4v) is 1.13. The average Bonchev–Trinajstić information content (AvgIpc) is 2.16. The number of hydrogen-bond acceptors (Lipinski definition) is 3. The highest BCUT2D eigenvalue weighted by Gasteiger charge is 2.18. The van der Waals surface area contributed by atoms with Crippen molar-refractivity contribution < 1.29 is 19.8 Å². The lowest BCUT2D eigenvalue weighted by atomic mass is 10.1. The smallest absolute Gasteiger partial charge is 0.355 e. The van der Waals surface area contributed by atoms with Gasteiger partial charge in [0.25, 0.3) is 0 Å². The van der Waals surface area contributed by atoms with Gasteiger partial charge in [-0.15, -0.1) is 0 Å². The molecule has 0 amide bonds. The minimum atomic E-state index is -1.32. The van der Waals surface area contributed by atoms with Crippen LogP contribution in [0.2, 0.25) is 0 Å². The molecule has 0 bridgehead atoms. The first-order valence-electron chi connectivity index (χ1n) is 4.41. The minimum Gasteiger partial charge on any atom is -0.478 e. The topological polar surface area (TPSA) is 87.5 Å². The molecule has 0 atom stereocenters. The lowest BCUT2D eigenvalue weighted by Crippen LogP contribution is -2.12. The third-order valence-corrected chi connectivity index (χ3v) is 1.94. The number of aromatic nitrogens is 1. The monoisotopic (exact) mass is 209 g/mol. The van der Waals surface area contributed by atoms with Crippen LogP contribution in [-0.4, -0.2) is 27.1 Å². The number of carboxylic acid groups (broad SMARTS) is 2. The number of aromatic carboxylic acids is 2. The number of hydrogen-bond donors (Lipinski definition) is 2. The van der Waals surface area contributed by atoms with E-state index in [1.54, 1.807) is 0 Å². The first-order chi connectivity index (χ1) is 6.93. The normalized spacial score (nSPS) is 10.3. The Bertz CT molecular complexity index is 412. The molecule has 0 fully saturated rings. The molecular formula is C10H11NO4. The summed E-state index contributed by atoms with van der Waals surface area (Å²) >= 11 is 0. The van der Waals surface area contributed by atoms with Crippen LogP contribution in [0.3, 0.4) is 0 Å². The molecule has 0 saturated heterocycles. The summed E-state index contributed by atoms with van der Waals surface area (Å²) in [5, 5.41) is 17.5. The van der Waals surface area contributed by atoms with E-state index in [2.05, 4.69) is 4.98 Å². The number of pyridine rings is 1. The van der Waals surface area contributed by atoms with Crippen molar-refractivity contribution in [1.29, 1.82) is 0 Å². The van der Waals surface area contributed by atoms with E-state index < -0.39 is 17.6 Å². The standard InChI is InChI=1S/C10H11NO4/c1-5(2)7-4-3-6(9(12)13)8(11-7)10(14)15/h3-5H,1-2H3,(H,12,13)(H,14,15). The predicted octanol–water partition coefficient (Wildman–Crippen LogP) is 1.60. The maximum atomic E-state index is 10.8. The van der Waals surface area contributed by atoms with Gasteiger partial charge in [-0.05, 0) is 18.1 Å². The Morgan fingerprint density at radius 3 is 2.20 bits per heavy atom. The molecule has 0 aliphatic heterocycles. The van der Waals surface area contributed by atoms with E-state index >= 15 is 0 Å². The van der Waals surface area contributed by atoms with Gasteiger partial charge in [-0.1, -0.05) is 13.8 Å². The van der Waals surface area contributed by atoms with Crippen molar-refractivity contribution in [3.05, 3.63) is 29.1 Å².